The molecule has 3 unspecified atom stereocenters. The van der Waals surface area contributed by atoms with Gasteiger partial charge in [-0.15, -0.1) is 0 Å². The number of nitrogens with one attached hydrogen (secondary N) is 3. The quantitative estimate of drug-likeness (QED) is 0.0485. The van der Waals surface area contributed by atoms with E-state index < -0.39 is 36.4 Å². The molecule has 21 heteroatoms. The normalized spacial score (nSPS) is 18.9. The highest BCUT2D eigenvalue weighted by Crippen LogP contribution is 2.42. The Balaban J connectivity index is 0.821. The molecule has 430 valence electrons. The van der Waals surface area contributed by atoms with Crippen molar-refractivity contribution in [3.8, 4) is 17.2 Å². The molecule has 5 aliphatic rings. The summed E-state index contributed by atoms with van der Waals surface area (Å²) in [6.07, 6.45) is 9.33. The molecule has 0 saturated carbocycles. The summed E-state index contributed by atoms with van der Waals surface area (Å²) in [4.78, 5) is 102. The maximum absolute atomic E-state index is 14.2. The predicted molar refractivity (Wildman–Crippen MR) is 308 cm³/mol. The van der Waals surface area contributed by atoms with Gasteiger partial charge >= 0.3 is 6.09 Å². The fraction of sp³-hybridized carbons (Fsp3) is 0.433. The third kappa shape index (κ3) is 13.9. The van der Waals surface area contributed by atoms with Crippen LogP contribution in [0.5, 0.6) is 17.2 Å². The first-order chi connectivity index (χ1) is 38.7. The number of imide groups is 1. The highest BCUT2D eigenvalue weighted by Gasteiger charge is 2.45. The fourth-order valence-electron chi connectivity index (χ4n) is 10.2. The Bertz CT molecular complexity index is 3100. The minimum atomic E-state index is -1.48. The SMILES string of the molecule is C=C(Nc1ccc(COC(=O)N2c3cc(OCCCCCOc4cc5c(cc4C)C(=O)N4C=C(C)C[C@@H]4C=N5)c(OC)cc3C(=O)N3C=C(C)CC3[C@H]2O)cc1)C(C)NC(=O)C(NC(=O)CCCCCN1C(=O)C=C(Br)C1=O)C(C)C. The molecule has 0 bridgehead atoms. The van der Waals surface area contributed by atoms with Crippen LogP contribution in [-0.4, -0.2) is 125 Å². The number of halogens is 1. The minimum absolute atomic E-state index is 0.0736. The van der Waals surface area contributed by atoms with Crippen LogP contribution < -0.4 is 35.1 Å². The van der Waals surface area contributed by atoms with E-state index in [9.17, 15) is 38.7 Å². The largest absolute Gasteiger partial charge is 0.493 e. The summed E-state index contributed by atoms with van der Waals surface area (Å²) in [6.45, 7) is 16.1. The zero-order valence-corrected chi connectivity index (χ0v) is 48.4. The zero-order chi connectivity index (χ0) is 58.2. The number of ether oxygens (including phenoxy) is 4. The van der Waals surface area contributed by atoms with Gasteiger partial charge in [0.2, 0.25) is 11.8 Å². The second kappa shape index (κ2) is 26.2. The second-order valence-corrected chi connectivity index (χ2v) is 22.3. The van der Waals surface area contributed by atoms with Gasteiger partial charge in [0, 0.05) is 61.2 Å². The Labute approximate surface area is 480 Å². The highest BCUT2D eigenvalue weighted by molar-refractivity contribution is 9.12. The van der Waals surface area contributed by atoms with E-state index in [4.69, 9.17) is 18.9 Å². The van der Waals surface area contributed by atoms with E-state index in [0.29, 0.717) is 79.1 Å². The summed E-state index contributed by atoms with van der Waals surface area (Å²) in [6, 6.07) is 11.5. The number of aryl methyl sites for hydroxylation is 1. The van der Waals surface area contributed by atoms with Crippen molar-refractivity contribution in [2.24, 2.45) is 10.9 Å². The summed E-state index contributed by atoms with van der Waals surface area (Å²) in [7, 11) is 1.46. The number of carbonyl (C=O) groups is 7. The molecule has 5 heterocycles. The van der Waals surface area contributed by atoms with E-state index in [1.165, 1.54) is 30.2 Å². The molecule has 3 aromatic rings. The summed E-state index contributed by atoms with van der Waals surface area (Å²) in [5.41, 5.74) is 5.92. The highest BCUT2D eigenvalue weighted by atomic mass is 79.9. The molecule has 81 heavy (non-hydrogen) atoms. The molecule has 0 aliphatic carbocycles. The molecule has 0 spiro atoms. The molecule has 0 aromatic heterocycles. The number of unbranched alkanes of at least 4 members (excludes halogenated alkanes) is 4. The van der Waals surface area contributed by atoms with E-state index >= 15 is 0 Å². The van der Waals surface area contributed by atoms with Crippen LogP contribution in [0.15, 0.2) is 99.9 Å². The number of hydrogen-bond donors (Lipinski definition) is 4. The summed E-state index contributed by atoms with van der Waals surface area (Å²) in [5, 5.41) is 20.9. The molecule has 0 saturated heterocycles. The predicted octanol–water partition coefficient (Wildman–Crippen LogP) is 8.84. The minimum Gasteiger partial charge on any atom is -0.493 e. The number of nitrogens with zero attached hydrogens (tertiary/aromatic N) is 5. The van der Waals surface area contributed by atoms with Crippen LogP contribution >= 0.6 is 15.9 Å². The monoisotopic (exact) mass is 1170 g/mol. The van der Waals surface area contributed by atoms with Crippen LogP contribution in [-0.2, 0) is 30.5 Å². The van der Waals surface area contributed by atoms with Crippen molar-refractivity contribution < 1.29 is 57.6 Å². The van der Waals surface area contributed by atoms with Crippen molar-refractivity contribution in [2.75, 3.05) is 37.1 Å². The van der Waals surface area contributed by atoms with Gasteiger partial charge in [0.1, 0.15) is 18.4 Å². The average Bonchev–Trinajstić information content (AvgIpc) is 3.76. The van der Waals surface area contributed by atoms with Crippen molar-refractivity contribution in [2.45, 2.75) is 136 Å². The molecule has 8 rings (SSSR count). The molecule has 4 N–H and O–H groups in total. The maximum atomic E-state index is 14.2. The first kappa shape index (κ1) is 59.3. The van der Waals surface area contributed by atoms with Gasteiger partial charge in [-0.25, -0.2) is 9.69 Å². The van der Waals surface area contributed by atoms with Crippen molar-refractivity contribution in [3.63, 3.8) is 0 Å². The summed E-state index contributed by atoms with van der Waals surface area (Å²) < 4.78 is 24.2. The standard InChI is InChI=1S/C60H71BrN8O12/c1-34(2)54(65-52(70)15-11-9-12-20-66-53(71)27-45(61)58(66)75)55(72)64-39(7)38(6)63-41-18-16-40(17-19-41)33-81-60(77)69-47-29-51(50(78-8)26-44(47)57(74)68-32-36(4)24-48(68)59(69)76)80-22-14-10-13-21-79-49-28-46-43(25-37(49)5)56(73)67-31-35(3)23-42(67)30-62-46/h16-19,25-32,34,39,42,48,54,59,63,76H,6,9-15,20-24,33H2,1-5,7-8H3,(H,64,72)(H,65,70)/t39?,42-,48?,54?,59-/m1/s1. The Hall–Kier alpha value is -7.78. The molecule has 5 atom stereocenters. The first-order valence-corrected chi connectivity index (χ1v) is 28.2. The summed E-state index contributed by atoms with van der Waals surface area (Å²) in [5.74, 6) is -0.896. The number of fused-ring (bicyclic) bond motifs is 4. The van der Waals surface area contributed by atoms with Crippen LogP contribution in [0, 0.1) is 12.8 Å². The van der Waals surface area contributed by atoms with E-state index in [-0.39, 0.29) is 94.9 Å². The maximum Gasteiger partial charge on any atom is 0.416 e. The van der Waals surface area contributed by atoms with Crippen LogP contribution in [0.4, 0.5) is 21.9 Å². The van der Waals surface area contributed by atoms with Crippen LogP contribution in [0.3, 0.4) is 0 Å². The lowest BCUT2D eigenvalue weighted by Gasteiger charge is -2.31. The Morgan fingerprint density at radius 1 is 0.802 bits per heavy atom. The van der Waals surface area contributed by atoms with Crippen LogP contribution in [0.2, 0.25) is 0 Å². The van der Waals surface area contributed by atoms with Gasteiger partial charge < -0.3 is 49.8 Å². The number of amides is 7. The molecular weight excluding hydrogens is 1100 g/mol. The van der Waals surface area contributed by atoms with E-state index in [0.717, 1.165) is 39.4 Å². The average molecular weight is 1180 g/mol. The number of carbonyl (C=O) groups excluding carboxylic acids is 7. The number of anilines is 2. The van der Waals surface area contributed by atoms with Gasteiger partial charge in [-0.05, 0) is 130 Å². The lowest BCUT2D eigenvalue weighted by Crippen LogP contribution is -2.52. The van der Waals surface area contributed by atoms with Gasteiger partial charge in [-0.2, -0.15) is 0 Å². The third-order valence-corrected chi connectivity index (χ3v) is 15.3. The first-order valence-electron chi connectivity index (χ1n) is 27.4. The smallest absolute Gasteiger partial charge is 0.416 e. The van der Waals surface area contributed by atoms with Gasteiger partial charge in [-0.3, -0.25) is 38.7 Å². The Kier molecular flexibility index (Phi) is 19.2. The van der Waals surface area contributed by atoms with Crippen molar-refractivity contribution in [1.29, 1.82) is 0 Å². The topological polar surface area (TPSA) is 238 Å². The molecule has 5 aliphatic heterocycles. The Morgan fingerprint density at radius 2 is 1.48 bits per heavy atom. The molecule has 7 amide bonds. The number of aliphatic imine (C=N–C) groups is 1. The lowest BCUT2D eigenvalue weighted by atomic mass is 10.0. The number of rotatable bonds is 24. The van der Waals surface area contributed by atoms with Gasteiger partial charge in [0.25, 0.3) is 23.6 Å². The number of aliphatic hydroxyl groups is 1. The van der Waals surface area contributed by atoms with Gasteiger partial charge in [0.15, 0.2) is 17.7 Å². The fourth-order valence-corrected chi connectivity index (χ4v) is 10.6. The third-order valence-electron chi connectivity index (χ3n) is 14.8. The number of hydrogen-bond acceptors (Lipinski definition) is 14. The lowest BCUT2D eigenvalue weighted by molar-refractivity contribution is -0.137. The number of benzene rings is 3. The molecule has 20 nitrogen and oxygen atoms in total. The van der Waals surface area contributed by atoms with Crippen molar-refractivity contribution in [3.05, 3.63) is 117 Å². The van der Waals surface area contributed by atoms with Crippen LogP contribution in [0.1, 0.15) is 124 Å². The van der Waals surface area contributed by atoms with Crippen molar-refractivity contribution >= 4 is 80.7 Å². The number of methoxy groups -OCH3 is 1. The summed E-state index contributed by atoms with van der Waals surface area (Å²) >= 11 is 3.08. The van der Waals surface area contributed by atoms with E-state index in [1.54, 1.807) is 42.3 Å². The second-order valence-electron chi connectivity index (χ2n) is 21.4. The number of aliphatic hydroxyl groups excluding tert-OH is 1. The molecule has 0 radical (unpaired) electrons. The van der Waals surface area contributed by atoms with Crippen LogP contribution in [0.25, 0.3) is 0 Å². The molecular formula is C60H71BrN8O12. The van der Waals surface area contributed by atoms with Gasteiger partial charge in [0.05, 0.1) is 65.4 Å². The van der Waals surface area contributed by atoms with Gasteiger partial charge in [-0.1, -0.05) is 50.1 Å². The molecule has 0 fully saturated rings. The Morgan fingerprint density at radius 3 is 2.17 bits per heavy atom. The van der Waals surface area contributed by atoms with Crippen molar-refractivity contribution in [1.82, 2.24) is 25.3 Å². The van der Waals surface area contributed by atoms with E-state index in [2.05, 4.69) is 43.5 Å². The zero-order valence-electron chi connectivity index (χ0n) is 46.8. The van der Waals surface area contributed by atoms with E-state index in [1.807, 2.05) is 59.2 Å². The molecule has 3 aromatic carbocycles.